The van der Waals surface area contributed by atoms with Crippen molar-refractivity contribution in [2.75, 3.05) is 0 Å². The maximum Gasteiger partial charge on any atom is 0.327 e. The second-order valence-corrected chi connectivity index (χ2v) is 6.41. The minimum atomic E-state index is -1.56. The number of hydrogen-bond acceptors (Lipinski definition) is 2. The smallest absolute Gasteiger partial charge is 0.327 e. The van der Waals surface area contributed by atoms with Crippen LogP contribution in [0.25, 0.3) is 6.08 Å². The molecule has 0 aliphatic carbocycles. The van der Waals surface area contributed by atoms with E-state index in [0.29, 0.717) is 12.8 Å². The molecule has 0 heterocycles. The Hall–Kier alpha value is -1.88. The molecule has 2 amide bonds. The van der Waals surface area contributed by atoms with Crippen LogP contribution in [0, 0.1) is 0 Å². The Bertz CT molecular complexity index is 454. The summed E-state index contributed by atoms with van der Waals surface area (Å²) < 4.78 is 0. The molecule has 1 aromatic rings. The molecule has 0 aromatic heterocycles. The minimum Gasteiger partial charge on any atom is -0.361 e. The highest BCUT2D eigenvalue weighted by Crippen LogP contribution is 2.01. The predicted molar refractivity (Wildman–Crippen MR) is 87.3 cm³/mol. The van der Waals surface area contributed by atoms with Gasteiger partial charge in [0.05, 0.1) is 0 Å². The van der Waals surface area contributed by atoms with Gasteiger partial charge in [-0.15, -0.1) is 0 Å². The Morgan fingerprint density at radius 3 is 2.00 bits per heavy atom. The van der Waals surface area contributed by atoms with E-state index in [1.165, 1.54) is 0 Å². The van der Waals surface area contributed by atoms with E-state index in [4.69, 9.17) is 0 Å². The summed E-state index contributed by atoms with van der Waals surface area (Å²) in [6, 6.07) is 9.83. The summed E-state index contributed by atoms with van der Waals surface area (Å²) in [5.41, 5.74) is 2.95. The van der Waals surface area contributed by atoms with Gasteiger partial charge in [-0.2, -0.15) is 0 Å². The number of rotatable bonds is 8. The SMILES string of the molecule is CCCC(=O)N[Si](C=Cc1ccccc1)NC(=O)CCC. The van der Waals surface area contributed by atoms with E-state index in [1.54, 1.807) is 0 Å². The summed E-state index contributed by atoms with van der Waals surface area (Å²) >= 11 is 0. The standard InChI is InChI=1S/C16H23N2O2Si/c1-3-8-15(19)17-21(18-16(20)9-4-2)13-12-14-10-6-5-7-11-14/h5-7,10-13H,3-4,8-9H2,1-2H3,(H,17,19)(H,18,20). The predicted octanol–water partition coefficient (Wildman–Crippen LogP) is 2.56. The highest BCUT2D eigenvalue weighted by molar-refractivity contribution is 6.64. The molecule has 5 heteroatoms. The number of nitrogens with one attached hydrogen (secondary N) is 2. The fourth-order valence-corrected chi connectivity index (χ4v) is 3.18. The van der Waals surface area contributed by atoms with Crippen LogP contribution in [0.4, 0.5) is 0 Å². The fraction of sp³-hybridized carbons (Fsp3) is 0.375. The monoisotopic (exact) mass is 303 g/mol. The molecule has 0 saturated carbocycles. The third kappa shape index (κ3) is 7.46. The van der Waals surface area contributed by atoms with Crippen LogP contribution >= 0.6 is 0 Å². The summed E-state index contributed by atoms with van der Waals surface area (Å²) in [6.45, 7) is 3.92. The zero-order valence-corrected chi connectivity index (χ0v) is 13.7. The van der Waals surface area contributed by atoms with Gasteiger partial charge in [-0.05, 0) is 18.4 Å². The molecule has 0 unspecified atom stereocenters. The van der Waals surface area contributed by atoms with Crippen LogP contribution in [-0.4, -0.2) is 20.9 Å². The van der Waals surface area contributed by atoms with Crippen LogP contribution in [0.15, 0.2) is 36.0 Å². The van der Waals surface area contributed by atoms with Crippen LogP contribution in [0.3, 0.4) is 0 Å². The summed E-state index contributed by atoms with van der Waals surface area (Å²) in [5.74, 6) is -0.0261. The summed E-state index contributed by atoms with van der Waals surface area (Å²) in [5, 5.41) is 0. The molecule has 0 saturated heterocycles. The third-order valence-corrected chi connectivity index (χ3v) is 4.34. The van der Waals surface area contributed by atoms with Gasteiger partial charge in [-0.25, -0.2) is 0 Å². The van der Waals surface area contributed by atoms with Crippen molar-refractivity contribution in [1.29, 1.82) is 0 Å². The second-order valence-electron chi connectivity index (χ2n) is 4.75. The Kier molecular flexibility index (Phi) is 8.12. The van der Waals surface area contributed by atoms with Gasteiger partial charge in [0.15, 0.2) is 0 Å². The first-order valence-corrected chi connectivity index (χ1v) is 8.93. The number of amides is 2. The lowest BCUT2D eigenvalue weighted by atomic mass is 10.2. The third-order valence-electron chi connectivity index (χ3n) is 2.74. The van der Waals surface area contributed by atoms with Crippen molar-refractivity contribution in [3.63, 3.8) is 0 Å². The van der Waals surface area contributed by atoms with E-state index in [-0.39, 0.29) is 11.8 Å². The van der Waals surface area contributed by atoms with Crippen molar-refractivity contribution in [2.24, 2.45) is 0 Å². The lowest BCUT2D eigenvalue weighted by molar-refractivity contribution is -0.119. The lowest BCUT2D eigenvalue weighted by Gasteiger charge is -2.13. The highest BCUT2D eigenvalue weighted by atomic mass is 28.3. The quantitative estimate of drug-likeness (QED) is 0.725. The number of carbonyl (C=O) groups is 2. The molecule has 0 spiro atoms. The van der Waals surface area contributed by atoms with Crippen LogP contribution in [0.5, 0.6) is 0 Å². The molecule has 1 rings (SSSR count). The van der Waals surface area contributed by atoms with Crippen LogP contribution in [0.2, 0.25) is 0 Å². The minimum absolute atomic E-state index is 0.0131. The zero-order chi connectivity index (χ0) is 15.5. The van der Waals surface area contributed by atoms with Gasteiger partial charge in [0.25, 0.3) is 0 Å². The van der Waals surface area contributed by atoms with E-state index in [9.17, 15) is 9.59 Å². The summed E-state index contributed by atoms with van der Waals surface area (Å²) in [6.07, 6.45) is 4.50. The van der Waals surface area contributed by atoms with E-state index >= 15 is 0 Å². The van der Waals surface area contributed by atoms with E-state index in [0.717, 1.165) is 18.4 Å². The number of benzene rings is 1. The molecule has 0 aliphatic rings. The van der Waals surface area contributed by atoms with Crippen molar-refractivity contribution >= 4 is 27.0 Å². The number of hydrogen-bond donors (Lipinski definition) is 2. The second kappa shape index (κ2) is 9.93. The molecule has 0 atom stereocenters. The van der Waals surface area contributed by atoms with Gasteiger partial charge in [0.1, 0.15) is 0 Å². The summed E-state index contributed by atoms with van der Waals surface area (Å²) in [7, 11) is -1.56. The van der Waals surface area contributed by atoms with Crippen molar-refractivity contribution in [3.8, 4) is 0 Å². The van der Waals surface area contributed by atoms with Gasteiger partial charge >= 0.3 is 9.12 Å². The first kappa shape index (κ1) is 17.2. The van der Waals surface area contributed by atoms with E-state index < -0.39 is 9.12 Å². The van der Waals surface area contributed by atoms with E-state index in [2.05, 4.69) is 9.96 Å². The Labute approximate surface area is 128 Å². The van der Waals surface area contributed by atoms with Gasteiger partial charge in [-0.1, -0.05) is 56.0 Å². The van der Waals surface area contributed by atoms with Crippen LogP contribution < -0.4 is 9.96 Å². The molecule has 2 N–H and O–H groups in total. The van der Waals surface area contributed by atoms with Crippen LogP contribution in [-0.2, 0) is 9.59 Å². The largest absolute Gasteiger partial charge is 0.361 e. The average molecular weight is 303 g/mol. The van der Waals surface area contributed by atoms with Gasteiger partial charge in [-0.3, -0.25) is 9.59 Å². The normalized spacial score (nSPS) is 10.8. The van der Waals surface area contributed by atoms with Crippen molar-refractivity contribution in [3.05, 3.63) is 41.6 Å². The maximum absolute atomic E-state index is 11.7. The topological polar surface area (TPSA) is 58.2 Å². The molecule has 113 valence electrons. The van der Waals surface area contributed by atoms with Gasteiger partial charge in [0.2, 0.25) is 11.8 Å². The fourth-order valence-electron chi connectivity index (χ4n) is 1.74. The molecular formula is C16H23N2O2Si. The molecule has 1 radical (unpaired) electrons. The van der Waals surface area contributed by atoms with Gasteiger partial charge < -0.3 is 9.96 Å². The van der Waals surface area contributed by atoms with Crippen molar-refractivity contribution in [1.82, 2.24) is 9.96 Å². The van der Waals surface area contributed by atoms with Gasteiger partial charge in [0, 0.05) is 12.8 Å². The molecule has 0 bridgehead atoms. The molecule has 1 aromatic carbocycles. The molecule has 0 fully saturated rings. The first-order valence-electron chi connectivity index (χ1n) is 7.35. The molecular weight excluding hydrogens is 280 g/mol. The number of carbonyl (C=O) groups excluding carboxylic acids is 2. The van der Waals surface area contributed by atoms with E-state index in [1.807, 2.05) is 56.0 Å². The lowest BCUT2D eigenvalue weighted by Crippen LogP contribution is -2.51. The first-order chi connectivity index (χ1) is 10.2. The Balaban J connectivity index is 2.68. The van der Waals surface area contributed by atoms with Crippen molar-refractivity contribution < 1.29 is 9.59 Å². The highest BCUT2D eigenvalue weighted by Gasteiger charge is 2.15. The molecule has 4 nitrogen and oxygen atoms in total. The van der Waals surface area contributed by atoms with Crippen molar-refractivity contribution in [2.45, 2.75) is 39.5 Å². The Morgan fingerprint density at radius 1 is 1.00 bits per heavy atom. The molecule has 0 aliphatic heterocycles. The Morgan fingerprint density at radius 2 is 1.52 bits per heavy atom. The molecule has 21 heavy (non-hydrogen) atoms. The summed E-state index contributed by atoms with van der Waals surface area (Å²) in [4.78, 5) is 29.3. The average Bonchev–Trinajstić information content (AvgIpc) is 2.46. The van der Waals surface area contributed by atoms with Crippen LogP contribution in [0.1, 0.15) is 45.1 Å². The zero-order valence-electron chi connectivity index (χ0n) is 12.7. The maximum atomic E-state index is 11.7.